The molecule has 24 heavy (non-hydrogen) atoms. The summed E-state index contributed by atoms with van der Waals surface area (Å²) in [6.45, 7) is 0.0788. The zero-order chi connectivity index (χ0) is 17.4. The minimum atomic E-state index is -1.33. The predicted octanol–water partition coefficient (Wildman–Crippen LogP) is -0.130. The van der Waals surface area contributed by atoms with E-state index < -0.39 is 17.5 Å². The molecule has 9 heteroatoms. The molecule has 1 aromatic carbocycles. The van der Waals surface area contributed by atoms with Gasteiger partial charge < -0.3 is 10.4 Å². The fourth-order valence-corrected chi connectivity index (χ4v) is 2.15. The average molecular weight is 328 g/mol. The monoisotopic (exact) mass is 328 g/mol. The topological polar surface area (TPSA) is 133 Å². The number of nitrogens with zero attached hydrogens (tertiary/aromatic N) is 3. The molecule has 0 saturated carbocycles. The van der Waals surface area contributed by atoms with E-state index in [1.807, 2.05) is 0 Å². The third-order valence-electron chi connectivity index (χ3n) is 3.32. The lowest BCUT2D eigenvalue weighted by Crippen LogP contribution is -2.57. The van der Waals surface area contributed by atoms with Crippen molar-refractivity contribution in [1.82, 2.24) is 31.3 Å². The number of tetrazole rings is 1. The Kier molecular flexibility index (Phi) is 5.59. The number of nitrogens with one attached hydrogen (secondary N) is 3. The van der Waals surface area contributed by atoms with Gasteiger partial charge in [-0.2, -0.15) is 0 Å². The van der Waals surface area contributed by atoms with Crippen molar-refractivity contribution in [2.24, 2.45) is 0 Å². The molecule has 0 spiro atoms. The van der Waals surface area contributed by atoms with Crippen LogP contribution in [0.25, 0.3) is 0 Å². The summed E-state index contributed by atoms with van der Waals surface area (Å²) in [5, 5.41) is 28.1. The number of hydrogen-bond acceptors (Lipinski definition) is 6. The molecule has 2 aromatic rings. The number of aliphatic carboxylic acids is 1. The lowest BCUT2D eigenvalue weighted by atomic mass is 10.0. The molecule has 0 bridgehead atoms. The van der Waals surface area contributed by atoms with Crippen molar-refractivity contribution < 1.29 is 14.7 Å². The first-order chi connectivity index (χ1) is 11.6. The third kappa shape index (κ3) is 4.15. The van der Waals surface area contributed by atoms with Crippen molar-refractivity contribution in [3.63, 3.8) is 0 Å². The van der Waals surface area contributed by atoms with Crippen LogP contribution in [0.4, 0.5) is 0 Å². The van der Waals surface area contributed by atoms with Crippen molar-refractivity contribution in [2.75, 3.05) is 6.54 Å². The number of rotatable bonds is 8. The maximum absolute atomic E-state index is 12.5. The summed E-state index contributed by atoms with van der Waals surface area (Å²) >= 11 is 0. The van der Waals surface area contributed by atoms with E-state index in [1.54, 1.807) is 30.3 Å². The minimum Gasteiger partial charge on any atom is -0.481 e. The van der Waals surface area contributed by atoms with Gasteiger partial charge in [-0.25, -0.2) is 5.10 Å². The number of H-pyrrole nitrogens is 1. The Morgan fingerprint density at radius 3 is 2.67 bits per heavy atom. The number of benzene rings is 1. The molecular weight excluding hydrogens is 312 g/mol. The second kappa shape index (κ2) is 7.85. The lowest BCUT2D eigenvalue weighted by Gasteiger charge is -2.32. The number of aromatic amines is 1. The first kappa shape index (κ1) is 17.1. The van der Waals surface area contributed by atoms with Crippen LogP contribution in [0.5, 0.6) is 0 Å². The van der Waals surface area contributed by atoms with Gasteiger partial charge in [-0.15, -0.1) is 11.5 Å². The van der Waals surface area contributed by atoms with Gasteiger partial charge in [-0.1, -0.05) is 24.1 Å². The van der Waals surface area contributed by atoms with Crippen molar-refractivity contribution in [3.05, 3.63) is 41.7 Å². The minimum absolute atomic E-state index is 0.000535. The molecule has 1 atom stereocenters. The van der Waals surface area contributed by atoms with Crippen LogP contribution in [0.2, 0.25) is 0 Å². The van der Waals surface area contributed by atoms with Crippen LogP contribution in [0.1, 0.15) is 29.0 Å². The number of amides is 1. The molecule has 1 unspecified atom stereocenters. The van der Waals surface area contributed by atoms with Crippen LogP contribution in [-0.2, 0) is 10.5 Å². The van der Waals surface area contributed by atoms with E-state index in [1.165, 1.54) is 0 Å². The summed E-state index contributed by atoms with van der Waals surface area (Å²) in [5.74, 6) is 1.12. The van der Waals surface area contributed by atoms with Crippen LogP contribution >= 0.6 is 0 Å². The molecule has 0 aliphatic carbocycles. The summed E-state index contributed by atoms with van der Waals surface area (Å²) in [4.78, 5) is 23.5. The fraction of sp³-hybridized carbons (Fsp3) is 0.267. The molecule has 0 radical (unpaired) electrons. The molecule has 1 aromatic heterocycles. The molecule has 2 rings (SSSR count). The Balaban J connectivity index is 2.34. The molecule has 0 fully saturated rings. The van der Waals surface area contributed by atoms with Crippen LogP contribution in [0.15, 0.2) is 30.3 Å². The highest BCUT2D eigenvalue weighted by Crippen LogP contribution is 2.21. The number of carboxylic acid groups (broad SMARTS) is 1. The second-order valence-electron chi connectivity index (χ2n) is 4.93. The molecule has 124 valence electrons. The number of hydrogen-bond donors (Lipinski definition) is 4. The normalized spacial score (nSPS) is 12.8. The van der Waals surface area contributed by atoms with Gasteiger partial charge in [0.2, 0.25) is 0 Å². The zero-order valence-electron chi connectivity index (χ0n) is 12.7. The summed E-state index contributed by atoms with van der Waals surface area (Å²) in [6, 6.07) is 8.50. The van der Waals surface area contributed by atoms with Gasteiger partial charge in [-0.05, 0) is 22.6 Å². The quantitative estimate of drug-likeness (QED) is 0.392. The molecule has 0 saturated heterocycles. The Bertz CT molecular complexity index is 725. The Labute approximate surface area is 137 Å². The van der Waals surface area contributed by atoms with Gasteiger partial charge in [0.05, 0.1) is 6.54 Å². The van der Waals surface area contributed by atoms with Gasteiger partial charge in [0, 0.05) is 18.4 Å². The van der Waals surface area contributed by atoms with E-state index in [9.17, 15) is 9.59 Å². The summed E-state index contributed by atoms with van der Waals surface area (Å²) < 4.78 is 0. The number of carboxylic acids is 1. The van der Waals surface area contributed by atoms with Crippen LogP contribution in [-0.4, -0.2) is 44.2 Å². The molecular formula is C15H16N6O3. The van der Waals surface area contributed by atoms with Gasteiger partial charge in [-0.3, -0.25) is 14.9 Å². The highest BCUT2D eigenvalue weighted by molar-refractivity contribution is 5.94. The van der Waals surface area contributed by atoms with Gasteiger partial charge >= 0.3 is 5.97 Å². The van der Waals surface area contributed by atoms with Crippen LogP contribution < -0.4 is 10.6 Å². The van der Waals surface area contributed by atoms with E-state index in [0.29, 0.717) is 5.56 Å². The standard InChI is InChI=1S/C15H16N6O3/c1-2-10-16-15(9-8-12(22)23,14-18-20-21-19-14)17-13(24)11-6-4-3-5-7-11/h1,3-7,16H,8-10H2,(H,17,24)(H,22,23)(H,18,19,20,21). The van der Waals surface area contributed by atoms with Crippen molar-refractivity contribution in [3.8, 4) is 12.3 Å². The van der Waals surface area contributed by atoms with E-state index in [-0.39, 0.29) is 25.2 Å². The van der Waals surface area contributed by atoms with E-state index in [0.717, 1.165) is 0 Å². The summed E-state index contributed by atoms with van der Waals surface area (Å²) in [6.07, 6.45) is 5.05. The smallest absolute Gasteiger partial charge is 0.303 e. The molecule has 9 nitrogen and oxygen atoms in total. The predicted molar refractivity (Wildman–Crippen MR) is 83.5 cm³/mol. The zero-order valence-corrected chi connectivity index (χ0v) is 12.7. The fourth-order valence-electron chi connectivity index (χ4n) is 2.15. The van der Waals surface area contributed by atoms with Crippen LogP contribution in [0, 0.1) is 12.3 Å². The van der Waals surface area contributed by atoms with E-state index in [2.05, 4.69) is 37.2 Å². The maximum atomic E-state index is 12.5. The van der Waals surface area contributed by atoms with Gasteiger partial charge in [0.1, 0.15) is 0 Å². The second-order valence-corrected chi connectivity index (χ2v) is 4.93. The first-order valence-corrected chi connectivity index (χ1v) is 7.09. The highest BCUT2D eigenvalue weighted by Gasteiger charge is 2.37. The highest BCUT2D eigenvalue weighted by atomic mass is 16.4. The largest absolute Gasteiger partial charge is 0.481 e. The third-order valence-corrected chi connectivity index (χ3v) is 3.32. The van der Waals surface area contributed by atoms with Crippen molar-refractivity contribution >= 4 is 11.9 Å². The average Bonchev–Trinajstić information content (AvgIpc) is 3.13. The number of aromatic nitrogens is 4. The SMILES string of the molecule is C#CCNC(CCC(=O)O)(NC(=O)c1ccccc1)c1nnn[nH]1. The maximum Gasteiger partial charge on any atom is 0.303 e. The van der Waals surface area contributed by atoms with Crippen LogP contribution in [0.3, 0.4) is 0 Å². The van der Waals surface area contributed by atoms with E-state index in [4.69, 9.17) is 11.5 Å². The Morgan fingerprint density at radius 1 is 1.33 bits per heavy atom. The Hall–Kier alpha value is -3.25. The van der Waals surface area contributed by atoms with Crippen molar-refractivity contribution in [2.45, 2.75) is 18.5 Å². The van der Waals surface area contributed by atoms with Gasteiger partial charge in [0.25, 0.3) is 5.91 Å². The molecule has 4 N–H and O–H groups in total. The molecule has 0 aliphatic heterocycles. The van der Waals surface area contributed by atoms with E-state index >= 15 is 0 Å². The summed E-state index contributed by atoms with van der Waals surface area (Å²) in [5.41, 5.74) is -0.923. The van der Waals surface area contributed by atoms with Crippen molar-refractivity contribution in [1.29, 1.82) is 0 Å². The number of carbonyl (C=O) groups excluding carboxylic acids is 1. The number of carbonyl (C=O) groups is 2. The Morgan fingerprint density at radius 2 is 2.08 bits per heavy atom. The lowest BCUT2D eigenvalue weighted by molar-refractivity contribution is -0.137. The first-order valence-electron chi connectivity index (χ1n) is 7.09. The summed E-state index contributed by atoms with van der Waals surface area (Å²) in [7, 11) is 0. The molecule has 0 aliphatic rings. The van der Waals surface area contributed by atoms with Gasteiger partial charge in [0.15, 0.2) is 11.5 Å². The molecule has 1 heterocycles. The molecule has 1 amide bonds. The number of terminal acetylenes is 1.